The maximum atomic E-state index is 14.4. The van der Waals surface area contributed by atoms with Crippen molar-refractivity contribution in [2.45, 2.75) is 25.0 Å². The lowest BCUT2D eigenvalue weighted by Gasteiger charge is -2.32. The fraction of sp³-hybridized carbons (Fsp3) is 0.308. The number of carbonyl (C=O) groups is 3. The largest absolute Gasteiger partial charge is 0.395 e. The van der Waals surface area contributed by atoms with Crippen molar-refractivity contribution in [2.24, 2.45) is 5.73 Å². The molecule has 4 rings (SSSR count). The lowest BCUT2D eigenvalue weighted by Crippen LogP contribution is -2.45. The molecule has 2 atom stereocenters. The van der Waals surface area contributed by atoms with E-state index in [0.717, 1.165) is 29.5 Å². The van der Waals surface area contributed by atoms with Crippen molar-refractivity contribution in [1.29, 1.82) is 0 Å². The third-order valence-electron chi connectivity index (χ3n) is 6.22. The van der Waals surface area contributed by atoms with Crippen molar-refractivity contribution in [2.75, 3.05) is 42.8 Å². The van der Waals surface area contributed by atoms with Crippen LogP contribution in [0.4, 0.5) is 21.5 Å². The maximum Gasteiger partial charge on any atom is 0.273 e. The third kappa shape index (κ3) is 5.76. The predicted octanol–water partition coefficient (Wildman–Crippen LogP) is 2.71. The second-order valence-electron chi connectivity index (χ2n) is 9.06. The number of amides is 3. The van der Waals surface area contributed by atoms with Crippen LogP contribution in [0.25, 0.3) is 0 Å². The average Bonchev–Trinajstić information content (AvgIpc) is 3.55. The van der Waals surface area contributed by atoms with E-state index >= 15 is 0 Å². The van der Waals surface area contributed by atoms with Crippen LogP contribution in [0.1, 0.15) is 44.6 Å². The monoisotopic (exact) mass is 540 g/mol. The van der Waals surface area contributed by atoms with Gasteiger partial charge in [-0.3, -0.25) is 19.3 Å². The predicted molar refractivity (Wildman–Crippen MR) is 144 cm³/mol. The Balaban J connectivity index is 1.82. The molecule has 5 N–H and O–H groups in total. The summed E-state index contributed by atoms with van der Waals surface area (Å²) in [5, 5.41) is 2.89. The van der Waals surface area contributed by atoms with E-state index in [1.165, 1.54) is 18.2 Å². The number of nitrogens with one attached hydrogen (secondary N) is 1. The highest BCUT2D eigenvalue weighted by molar-refractivity contribution is 7.09. The second-order valence-corrected chi connectivity index (χ2v) is 9.84. The molecule has 12 heteroatoms. The van der Waals surface area contributed by atoms with Crippen LogP contribution >= 0.6 is 11.5 Å². The molecule has 2 heterocycles. The number of benzene rings is 2. The fourth-order valence-electron chi connectivity index (χ4n) is 4.24. The van der Waals surface area contributed by atoms with E-state index in [1.807, 2.05) is 31.1 Å². The van der Waals surface area contributed by atoms with Gasteiger partial charge >= 0.3 is 0 Å². The first-order chi connectivity index (χ1) is 18.2. The summed E-state index contributed by atoms with van der Waals surface area (Å²) in [6, 6.07) is 11.2. The number of hydrogen-bond acceptors (Lipinski definition) is 8. The highest BCUT2D eigenvalue weighted by atomic mass is 32.1. The molecular formula is C26H29FN6O4S. The summed E-state index contributed by atoms with van der Waals surface area (Å²) in [7, 11) is 3.76. The van der Waals surface area contributed by atoms with Gasteiger partial charge in [-0.1, -0.05) is 18.2 Å². The molecule has 2 aromatic carbocycles. The topological polar surface area (TPSA) is 144 Å². The average molecular weight is 541 g/mol. The number of ether oxygens (including phenoxy) is 1. The maximum absolute atomic E-state index is 14.4. The Morgan fingerprint density at radius 3 is 2.50 bits per heavy atom. The van der Waals surface area contributed by atoms with Gasteiger partial charge in [0.15, 0.2) is 5.69 Å². The SMILES string of the molecule is CN(C)c1ccc([C@@H](C(=O)NC[C@@H]2CCCO2)N(C(=O)c2snc(C(N)=O)c2N)c2cccc(F)c2)cc1. The van der Waals surface area contributed by atoms with Crippen LogP contribution in [0.15, 0.2) is 48.5 Å². The molecule has 1 aliphatic rings. The van der Waals surface area contributed by atoms with Gasteiger partial charge in [0, 0.05) is 38.6 Å². The van der Waals surface area contributed by atoms with Gasteiger partial charge in [-0.2, -0.15) is 4.37 Å². The zero-order chi connectivity index (χ0) is 27.4. The van der Waals surface area contributed by atoms with Gasteiger partial charge in [0.2, 0.25) is 5.91 Å². The number of aromatic nitrogens is 1. The van der Waals surface area contributed by atoms with E-state index in [-0.39, 0.29) is 34.6 Å². The fourth-order valence-corrected chi connectivity index (χ4v) is 4.98. The van der Waals surface area contributed by atoms with Gasteiger partial charge in [0.1, 0.15) is 16.7 Å². The summed E-state index contributed by atoms with van der Waals surface area (Å²) in [6.45, 7) is 0.877. The van der Waals surface area contributed by atoms with E-state index in [2.05, 4.69) is 9.69 Å². The summed E-state index contributed by atoms with van der Waals surface area (Å²) >= 11 is 0.685. The molecule has 0 radical (unpaired) electrons. The number of primary amides is 1. The number of halogens is 1. The molecule has 1 fully saturated rings. The lowest BCUT2D eigenvalue weighted by atomic mass is 10.0. The van der Waals surface area contributed by atoms with Crippen molar-refractivity contribution in [3.05, 3.63) is 70.5 Å². The smallest absolute Gasteiger partial charge is 0.273 e. The van der Waals surface area contributed by atoms with Crippen molar-refractivity contribution in [1.82, 2.24) is 9.69 Å². The van der Waals surface area contributed by atoms with E-state index in [1.54, 1.807) is 12.1 Å². The molecule has 0 bridgehead atoms. The first-order valence-electron chi connectivity index (χ1n) is 12.0. The van der Waals surface area contributed by atoms with Gasteiger partial charge in [0.25, 0.3) is 11.8 Å². The number of nitrogen functional groups attached to an aromatic ring is 1. The molecule has 1 saturated heterocycles. The van der Waals surface area contributed by atoms with Crippen molar-refractivity contribution in [3.63, 3.8) is 0 Å². The van der Waals surface area contributed by atoms with Gasteiger partial charge in [-0.05, 0) is 60.3 Å². The first-order valence-corrected chi connectivity index (χ1v) is 12.8. The molecule has 10 nitrogen and oxygen atoms in total. The Morgan fingerprint density at radius 2 is 1.92 bits per heavy atom. The third-order valence-corrected chi connectivity index (χ3v) is 7.07. The summed E-state index contributed by atoms with van der Waals surface area (Å²) in [5.74, 6) is -2.71. The van der Waals surface area contributed by atoms with E-state index in [9.17, 15) is 18.8 Å². The Bertz CT molecular complexity index is 1320. The number of carbonyl (C=O) groups excluding carboxylic acids is 3. The number of nitrogens with two attached hydrogens (primary N) is 2. The molecule has 3 aromatic rings. The Labute approximate surface area is 223 Å². The number of anilines is 3. The van der Waals surface area contributed by atoms with Crippen LogP contribution in [-0.4, -0.2) is 55.4 Å². The van der Waals surface area contributed by atoms with Crippen LogP contribution in [0.3, 0.4) is 0 Å². The van der Waals surface area contributed by atoms with Gasteiger partial charge in [-0.15, -0.1) is 0 Å². The van der Waals surface area contributed by atoms with Crippen molar-refractivity contribution < 1.29 is 23.5 Å². The molecule has 1 aliphatic heterocycles. The lowest BCUT2D eigenvalue weighted by molar-refractivity contribution is -0.123. The van der Waals surface area contributed by atoms with Gasteiger partial charge in [0.05, 0.1) is 11.8 Å². The summed E-state index contributed by atoms with van der Waals surface area (Å²) in [6.07, 6.45) is 1.57. The Kier molecular flexibility index (Phi) is 8.23. The minimum Gasteiger partial charge on any atom is -0.395 e. The molecule has 0 aliphatic carbocycles. The van der Waals surface area contributed by atoms with Crippen LogP contribution in [0, 0.1) is 5.82 Å². The highest BCUT2D eigenvalue weighted by Crippen LogP contribution is 2.34. The molecule has 38 heavy (non-hydrogen) atoms. The standard InChI is InChI=1S/C26H29FN6O4S/c1-32(2)17-10-8-15(9-11-17)22(25(35)30-14-19-7-4-12-37-19)33(18-6-3-5-16(27)13-18)26(36)23-20(28)21(24(29)34)31-38-23/h3,5-6,8-11,13,19,22H,4,7,12,14,28H2,1-2H3,(H2,29,34)(H,30,35)/t19-,22-/m0/s1. The quantitative estimate of drug-likeness (QED) is 0.379. The van der Waals surface area contributed by atoms with Crippen LogP contribution < -0.4 is 26.6 Å². The summed E-state index contributed by atoms with van der Waals surface area (Å²) < 4.78 is 23.9. The Hall–Kier alpha value is -4.03. The van der Waals surface area contributed by atoms with Gasteiger partial charge < -0.3 is 26.4 Å². The molecule has 0 spiro atoms. The zero-order valence-corrected chi connectivity index (χ0v) is 21.8. The first kappa shape index (κ1) is 27.0. The molecule has 3 amide bonds. The molecule has 0 unspecified atom stereocenters. The minimum atomic E-state index is -1.21. The van der Waals surface area contributed by atoms with Crippen LogP contribution in [0.2, 0.25) is 0 Å². The summed E-state index contributed by atoms with van der Waals surface area (Å²) in [5.41, 5.74) is 12.5. The molecule has 1 aromatic heterocycles. The van der Waals surface area contributed by atoms with E-state index in [0.29, 0.717) is 23.7 Å². The van der Waals surface area contributed by atoms with Gasteiger partial charge in [-0.25, -0.2) is 4.39 Å². The van der Waals surface area contributed by atoms with E-state index < -0.39 is 29.6 Å². The Morgan fingerprint density at radius 1 is 1.18 bits per heavy atom. The van der Waals surface area contributed by atoms with Crippen molar-refractivity contribution in [3.8, 4) is 0 Å². The molecule has 0 saturated carbocycles. The number of nitrogens with zero attached hydrogens (tertiary/aromatic N) is 3. The highest BCUT2D eigenvalue weighted by Gasteiger charge is 2.36. The number of hydrogen-bond donors (Lipinski definition) is 3. The van der Waals surface area contributed by atoms with E-state index in [4.69, 9.17) is 16.2 Å². The number of rotatable bonds is 9. The second kappa shape index (κ2) is 11.6. The molecular weight excluding hydrogens is 511 g/mol. The van der Waals surface area contributed by atoms with Crippen LogP contribution in [0.5, 0.6) is 0 Å². The zero-order valence-electron chi connectivity index (χ0n) is 21.0. The normalized spacial score (nSPS) is 15.6. The molecule has 200 valence electrons. The van der Waals surface area contributed by atoms with Crippen molar-refractivity contribution >= 4 is 46.3 Å². The summed E-state index contributed by atoms with van der Waals surface area (Å²) in [4.78, 5) is 42.5. The van der Waals surface area contributed by atoms with Crippen LogP contribution in [-0.2, 0) is 9.53 Å². The minimum absolute atomic E-state index is 0.0927.